The number of carbonyl (C=O) groups excluding carboxylic acids is 2. The van der Waals surface area contributed by atoms with Gasteiger partial charge in [-0.3, -0.25) is 9.00 Å². The fraction of sp³-hybridized carbons (Fsp3) is 0.222. The minimum atomic E-state index is -1.31. The largest absolute Gasteiger partial charge is 0.452 e. The first kappa shape index (κ1) is 17.9. The third-order valence-corrected chi connectivity index (χ3v) is 4.61. The van der Waals surface area contributed by atoms with E-state index in [0.29, 0.717) is 10.6 Å². The summed E-state index contributed by atoms with van der Waals surface area (Å²) in [6.45, 7) is 3.45. The van der Waals surface area contributed by atoms with E-state index >= 15 is 0 Å². The highest BCUT2D eigenvalue weighted by Crippen LogP contribution is 2.18. The highest BCUT2D eigenvalue weighted by atomic mass is 32.2. The van der Waals surface area contributed by atoms with Gasteiger partial charge in [-0.05, 0) is 43.2 Å². The predicted molar refractivity (Wildman–Crippen MR) is 93.6 cm³/mol. The summed E-state index contributed by atoms with van der Waals surface area (Å²) >= 11 is 0. The van der Waals surface area contributed by atoms with Gasteiger partial charge in [-0.15, -0.1) is 0 Å². The smallest absolute Gasteiger partial charge is 0.339 e. The maximum Gasteiger partial charge on any atom is 0.339 e. The van der Waals surface area contributed by atoms with Crippen LogP contribution in [0.2, 0.25) is 0 Å². The molecule has 1 amide bonds. The molecule has 0 bridgehead atoms. The number of anilines is 1. The molecule has 2 aromatic rings. The van der Waals surface area contributed by atoms with Crippen LogP contribution >= 0.6 is 0 Å². The first-order valence-electron chi connectivity index (χ1n) is 7.36. The molecule has 0 saturated heterocycles. The predicted octanol–water partition coefficient (Wildman–Crippen LogP) is 2.84. The number of amides is 1. The number of hydrogen-bond acceptors (Lipinski definition) is 4. The third-order valence-electron chi connectivity index (χ3n) is 3.63. The molecule has 0 aliphatic carbocycles. The Morgan fingerprint density at radius 2 is 1.79 bits per heavy atom. The zero-order valence-electron chi connectivity index (χ0n) is 13.8. The van der Waals surface area contributed by atoms with Crippen molar-refractivity contribution in [2.45, 2.75) is 18.7 Å². The lowest BCUT2D eigenvalue weighted by molar-refractivity contribution is -0.119. The minimum Gasteiger partial charge on any atom is -0.452 e. The summed E-state index contributed by atoms with van der Waals surface area (Å²) < 4.78 is 16.7. The van der Waals surface area contributed by atoms with Crippen molar-refractivity contribution in [2.24, 2.45) is 0 Å². The molecule has 2 aromatic carbocycles. The van der Waals surface area contributed by atoms with E-state index in [4.69, 9.17) is 4.74 Å². The number of hydrogen-bond donors (Lipinski definition) is 1. The van der Waals surface area contributed by atoms with Crippen LogP contribution in [0.3, 0.4) is 0 Å². The Kier molecular flexibility index (Phi) is 5.87. The molecular formula is C18H19NO4S. The molecule has 0 aliphatic heterocycles. The number of esters is 1. The summed E-state index contributed by atoms with van der Waals surface area (Å²) in [6.07, 6.45) is 1.49. The number of carbonyl (C=O) groups is 2. The van der Waals surface area contributed by atoms with Crippen LogP contribution in [0.4, 0.5) is 5.69 Å². The summed E-state index contributed by atoms with van der Waals surface area (Å²) in [5.74, 6) is -1.09. The van der Waals surface area contributed by atoms with E-state index < -0.39 is 29.3 Å². The van der Waals surface area contributed by atoms with Crippen LogP contribution in [0.1, 0.15) is 21.5 Å². The van der Waals surface area contributed by atoms with E-state index in [1.807, 2.05) is 26.0 Å². The van der Waals surface area contributed by atoms with Crippen molar-refractivity contribution in [1.82, 2.24) is 0 Å². The molecule has 5 nitrogen and oxygen atoms in total. The third kappa shape index (κ3) is 4.29. The molecule has 6 heteroatoms. The molecule has 0 fully saturated rings. The molecule has 0 heterocycles. The molecule has 1 atom stereocenters. The van der Waals surface area contributed by atoms with Gasteiger partial charge in [-0.2, -0.15) is 0 Å². The average Bonchev–Trinajstić information content (AvgIpc) is 2.56. The van der Waals surface area contributed by atoms with Gasteiger partial charge in [0, 0.05) is 11.9 Å². The van der Waals surface area contributed by atoms with E-state index in [1.54, 1.807) is 24.3 Å². The molecule has 24 heavy (non-hydrogen) atoms. The quantitative estimate of drug-likeness (QED) is 0.846. The monoisotopic (exact) mass is 345 g/mol. The van der Waals surface area contributed by atoms with Crippen LogP contribution in [0.5, 0.6) is 0 Å². The van der Waals surface area contributed by atoms with Crippen molar-refractivity contribution in [3.8, 4) is 0 Å². The highest BCUT2D eigenvalue weighted by molar-refractivity contribution is 7.84. The molecule has 1 N–H and O–H groups in total. The first-order valence-corrected chi connectivity index (χ1v) is 8.91. The van der Waals surface area contributed by atoms with Crippen LogP contribution in [-0.2, 0) is 20.3 Å². The van der Waals surface area contributed by atoms with Crippen LogP contribution in [-0.4, -0.2) is 28.9 Å². The summed E-state index contributed by atoms with van der Waals surface area (Å²) in [5.41, 5.74) is 2.91. The van der Waals surface area contributed by atoms with Crippen molar-refractivity contribution in [3.63, 3.8) is 0 Å². The first-order chi connectivity index (χ1) is 11.4. The van der Waals surface area contributed by atoms with Gasteiger partial charge in [-0.25, -0.2) is 4.79 Å². The van der Waals surface area contributed by atoms with Crippen LogP contribution in [0.15, 0.2) is 47.4 Å². The van der Waals surface area contributed by atoms with Crippen LogP contribution in [0, 0.1) is 13.8 Å². The lowest BCUT2D eigenvalue weighted by atomic mass is 10.1. The lowest BCUT2D eigenvalue weighted by Crippen LogP contribution is -2.22. The Hall–Kier alpha value is -2.47. The fourth-order valence-corrected chi connectivity index (χ4v) is 2.90. The Morgan fingerprint density at radius 3 is 2.50 bits per heavy atom. The zero-order valence-corrected chi connectivity index (χ0v) is 14.6. The van der Waals surface area contributed by atoms with Crippen molar-refractivity contribution < 1.29 is 18.5 Å². The number of rotatable bonds is 5. The normalized spacial score (nSPS) is 11.6. The molecule has 0 aliphatic rings. The van der Waals surface area contributed by atoms with Crippen molar-refractivity contribution in [1.29, 1.82) is 0 Å². The molecule has 0 saturated carbocycles. The molecule has 0 spiro atoms. The number of benzene rings is 2. The molecule has 2 rings (SSSR count). The van der Waals surface area contributed by atoms with Gasteiger partial charge in [0.2, 0.25) is 0 Å². The van der Waals surface area contributed by atoms with Crippen LogP contribution in [0.25, 0.3) is 0 Å². The SMILES string of the molecule is Cc1cccc(NC(=O)COC(=O)c2ccccc2[S@](C)=O)c1C. The maximum atomic E-state index is 12.1. The Balaban J connectivity index is 2.01. The number of aryl methyl sites for hydroxylation is 1. The van der Waals surface area contributed by atoms with E-state index in [-0.39, 0.29) is 5.56 Å². The van der Waals surface area contributed by atoms with Gasteiger partial charge in [0.1, 0.15) is 0 Å². The molecule has 0 radical (unpaired) electrons. The molecule has 0 aromatic heterocycles. The number of ether oxygens (including phenoxy) is 1. The van der Waals surface area contributed by atoms with Gasteiger partial charge in [0.25, 0.3) is 5.91 Å². The van der Waals surface area contributed by atoms with Crippen LogP contribution < -0.4 is 5.32 Å². The Labute approximate surface area is 143 Å². The van der Waals surface area contributed by atoms with Crippen molar-refractivity contribution >= 4 is 28.4 Å². The second-order valence-corrected chi connectivity index (χ2v) is 6.67. The molecule has 126 valence electrons. The van der Waals surface area contributed by atoms with E-state index in [2.05, 4.69) is 5.32 Å². The minimum absolute atomic E-state index is 0.206. The van der Waals surface area contributed by atoms with Crippen molar-refractivity contribution in [2.75, 3.05) is 18.2 Å². The number of nitrogens with one attached hydrogen (secondary N) is 1. The Morgan fingerprint density at radius 1 is 1.08 bits per heavy atom. The van der Waals surface area contributed by atoms with Gasteiger partial charge >= 0.3 is 5.97 Å². The second kappa shape index (κ2) is 7.88. The lowest BCUT2D eigenvalue weighted by Gasteiger charge is -2.11. The summed E-state index contributed by atoms with van der Waals surface area (Å²) in [7, 11) is -1.31. The van der Waals surface area contributed by atoms with E-state index in [9.17, 15) is 13.8 Å². The second-order valence-electron chi connectivity index (χ2n) is 5.32. The van der Waals surface area contributed by atoms with Gasteiger partial charge in [0.05, 0.1) is 21.3 Å². The average molecular weight is 345 g/mol. The van der Waals surface area contributed by atoms with Gasteiger partial charge < -0.3 is 10.1 Å². The molecular weight excluding hydrogens is 326 g/mol. The van der Waals surface area contributed by atoms with Gasteiger partial charge in [0.15, 0.2) is 6.61 Å². The maximum absolute atomic E-state index is 12.1. The highest BCUT2D eigenvalue weighted by Gasteiger charge is 2.16. The summed E-state index contributed by atoms with van der Waals surface area (Å²) in [4.78, 5) is 24.5. The molecule has 0 unspecified atom stereocenters. The van der Waals surface area contributed by atoms with Gasteiger partial charge in [-0.1, -0.05) is 24.3 Å². The van der Waals surface area contributed by atoms with E-state index in [1.165, 1.54) is 12.3 Å². The topological polar surface area (TPSA) is 72.5 Å². The summed E-state index contributed by atoms with van der Waals surface area (Å²) in [5, 5.41) is 2.72. The van der Waals surface area contributed by atoms with E-state index in [0.717, 1.165) is 11.1 Å². The summed E-state index contributed by atoms with van der Waals surface area (Å²) in [6, 6.07) is 12.1. The zero-order chi connectivity index (χ0) is 17.7. The Bertz CT molecular complexity index is 801. The standard InChI is InChI=1S/C18H19NO4S/c1-12-7-6-9-15(13(12)2)19-17(20)11-23-18(21)14-8-4-5-10-16(14)24(3)22/h4-10H,11H2,1-3H3,(H,19,20)/t24-/m0/s1. The fourth-order valence-electron chi connectivity index (χ4n) is 2.17. The van der Waals surface area contributed by atoms with Crippen molar-refractivity contribution in [3.05, 3.63) is 59.2 Å².